The number of rotatable bonds is 0. The lowest BCUT2D eigenvalue weighted by molar-refractivity contribution is 0.664. The van der Waals surface area contributed by atoms with E-state index in [0.29, 0.717) is 0 Å². The maximum Gasteiger partial charge on any atom is 0.0438 e. The highest BCUT2D eigenvalue weighted by Gasteiger charge is 2.20. The van der Waals surface area contributed by atoms with Crippen LogP contribution in [0.25, 0.3) is 0 Å². The van der Waals surface area contributed by atoms with E-state index in [1.54, 1.807) is 11.1 Å². The second-order valence-corrected chi connectivity index (χ2v) is 4.07. The highest BCUT2D eigenvalue weighted by molar-refractivity contribution is 5.45. The quantitative estimate of drug-likeness (QED) is 0.585. The van der Waals surface area contributed by atoms with E-state index in [1.807, 2.05) is 0 Å². The Kier molecular flexibility index (Phi) is 1.64. The van der Waals surface area contributed by atoms with Crippen LogP contribution in [0.4, 0.5) is 0 Å². The monoisotopic (exact) mass is 172 g/mol. The van der Waals surface area contributed by atoms with Gasteiger partial charge in [-0.2, -0.15) is 0 Å². The zero-order valence-electron chi connectivity index (χ0n) is 7.84. The van der Waals surface area contributed by atoms with Crippen LogP contribution in [-0.2, 0) is 19.3 Å². The summed E-state index contributed by atoms with van der Waals surface area (Å²) in [4.78, 5) is 4.57. The minimum absolute atomic E-state index is 1.20. The Morgan fingerprint density at radius 2 is 2.00 bits per heavy atom. The summed E-state index contributed by atoms with van der Waals surface area (Å²) in [6, 6.07) is 0. The van der Waals surface area contributed by atoms with Crippen molar-refractivity contribution in [3.8, 4) is 0 Å². The van der Waals surface area contributed by atoms with Crippen molar-refractivity contribution in [1.82, 2.24) is 4.98 Å². The van der Waals surface area contributed by atoms with E-state index in [-0.39, 0.29) is 0 Å². The molecule has 1 aromatic rings. The molecule has 1 heteroatoms. The topological polar surface area (TPSA) is 12.9 Å². The maximum atomic E-state index is 4.57. The van der Waals surface area contributed by atoms with Crippen LogP contribution in [0.3, 0.4) is 0 Å². The van der Waals surface area contributed by atoms with E-state index >= 15 is 0 Å². The molecule has 0 saturated carbocycles. The van der Waals surface area contributed by atoms with Crippen LogP contribution in [0.15, 0.2) is 6.20 Å². The van der Waals surface area contributed by atoms with Gasteiger partial charge in [0.2, 0.25) is 0 Å². The Morgan fingerprint density at radius 3 is 3.00 bits per heavy atom. The van der Waals surface area contributed by atoms with Gasteiger partial charge < -0.3 is 0 Å². The second kappa shape index (κ2) is 2.83. The van der Waals surface area contributed by atoms with Crippen molar-refractivity contribution in [1.29, 1.82) is 0 Å². The fourth-order valence-electron chi connectivity index (χ4n) is 2.57. The van der Waals surface area contributed by atoms with Gasteiger partial charge in [0.05, 0.1) is 0 Å². The molecule has 67 valence electrons. The molecule has 2 aliphatic rings. The Labute approximate surface area is 79.2 Å². The summed E-state index contributed by atoms with van der Waals surface area (Å²) in [5, 5.41) is 0. The van der Waals surface area contributed by atoms with E-state index in [4.69, 9.17) is 0 Å². The van der Waals surface area contributed by atoms with E-state index < -0.39 is 0 Å². The molecular weight excluding hydrogens is 158 g/mol. The summed E-state index contributed by atoms with van der Waals surface area (Å²) in [5.74, 6) is 0. The van der Waals surface area contributed by atoms with E-state index in [2.05, 4.69) is 17.6 Å². The highest BCUT2D eigenvalue weighted by atomic mass is 14.7. The third-order valence-electron chi connectivity index (χ3n) is 3.25. The van der Waals surface area contributed by atoms with Crippen LogP contribution in [0.2, 0.25) is 0 Å². The molecule has 0 aromatic carbocycles. The van der Waals surface area contributed by atoms with Gasteiger partial charge in [0.1, 0.15) is 0 Å². The highest BCUT2D eigenvalue weighted by Crippen LogP contribution is 2.31. The Morgan fingerprint density at radius 1 is 1.08 bits per heavy atom. The summed E-state index contributed by atoms with van der Waals surface area (Å²) in [6.45, 7) is 0. The predicted octanol–water partition coefficient (Wildman–Crippen LogP) is 2.46. The predicted molar refractivity (Wildman–Crippen MR) is 52.6 cm³/mol. The molecule has 1 aromatic heterocycles. The second-order valence-electron chi connectivity index (χ2n) is 4.07. The molecule has 0 aliphatic heterocycles. The van der Waals surface area contributed by atoms with Crippen molar-refractivity contribution < 1.29 is 0 Å². The number of hydrogen-bond donors (Lipinski definition) is 0. The Hall–Kier alpha value is -0.850. The van der Waals surface area contributed by atoms with Gasteiger partial charge in [0, 0.05) is 11.9 Å². The normalized spacial score (nSPS) is 19.7. The SMILES string of the molecule is [CH]1CCc2cnc3c(c21)CCCC3. The van der Waals surface area contributed by atoms with Crippen LogP contribution in [0.5, 0.6) is 0 Å². The summed E-state index contributed by atoms with van der Waals surface area (Å²) < 4.78 is 0. The molecule has 0 saturated heterocycles. The van der Waals surface area contributed by atoms with Crippen LogP contribution in [0, 0.1) is 6.42 Å². The molecule has 0 unspecified atom stereocenters. The van der Waals surface area contributed by atoms with Gasteiger partial charge in [-0.3, -0.25) is 4.98 Å². The molecule has 0 bridgehead atoms. The molecule has 1 heterocycles. The van der Waals surface area contributed by atoms with Gasteiger partial charge in [-0.15, -0.1) is 0 Å². The third-order valence-corrected chi connectivity index (χ3v) is 3.25. The van der Waals surface area contributed by atoms with Crippen molar-refractivity contribution in [2.45, 2.75) is 38.5 Å². The molecule has 2 aliphatic carbocycles. The minimum atomic E-state index is 1.20. The standard InChI is InChI=1S/C12H14N/c1-2-7-12-11(5-1)10-6-3-4-9(10)8-13-12/h6,8H,1-5,7H2. The molecule has 0 spiro atoms. The summed E-state index contributed by atoms with van der Waals surface area (Å²) in [7, 11) is 0. The van der Waals surface area contributed by atoms with Crippen LogP contribution < -0.4 is 0 Å². The number of aryl methyl sites for hydroxylation is 2. The van der Waals surface area contributed by atoms with Gasteiger partial charge in [-0.1, -0.05) is 0 Å². The lowest BCUT2D eigenvalue weighted by Gasteiger charge is -2.17. The first-order chi connectivity index (χ1) is 6.45. The van der Waals surface area contributed by atoms with Gasteiger partial charge >= 0.3 is 0 Å². The lowest BCUT2D eigenvalue weighted by Crippen LogP contribution is -2.08. The molecule has 1 nitrogen and oxygen atoms in total. The average molecular weight is 172 g/mol. The van der Waals surface area contributed by atoms with E-state index in [0.717, 1.165) is 0 Å². The largest absolute Gasteiger partial charge is 0.261 e. The maximum absolute atomic E-state index is 4.57. The van der Waals surface area contributed by atoms with Gasteiger partial charge in [0.15, 0.2) is 0 Å². The minimum Gasteiger partial charge on any atom is -0.261 e. The zero-order valence-corrected chi connectivity index (χ0v) is 7.84. The molecule has 3 rings (SSSR count). The van der Waals surface area contributed by atoms with Gasteiger partial charge in [-0.25, -0.2) is 0 Å². The molecule has 13 heavy (non-hydrogen) atoms. The third kappa shape index (κ3) is 1.10. The first kappa shape index (κ1) is 7.54. The number of aromatic nitrogens is 1. The van der Waals surface area contributed by atoms with Crippen LogP contribution in [0.1, 0.15) is 41.6 Å². The van der Waals surface area contributed by atoms with Gasteiger partial charge in [0.25, 0.3) is 0 Å². The fraction of sp³-hybridized carbons (Fsp3) is 0.500. The van der Waals surface area contributed by atoms with E-state index in [1.165, 1.54) is 49.8 Å². The number of pyridine rings is 1. The summed E-state index contributed by atoms with van der Waals surface area (Å²) >= 11 is 0. The molecule has 0 fully saturated rings. The van der Waals surface area contributed by atoms with Crippen molar-refractivity contribution in [2.75, 3.05) is 0 Å². The van der Waals surface area contributed by atoms with Crippen LogP contribution >= 0.6 is 0 Å². The van der Waals surface area contributed by atoms with E-state index in [9.17, 15) is 0 Å². The number of nitrogens with zero attached hydrogens (tertiary/aromatic N) is 1. The first-order valence-electron chi connectivity index (χ1n) is 5.28. The Balaban J connectivity index is 2.17. The first-order valence-corrected chi connectivity index (χ1v) is 5.28. The van der Waals surface area contributed by atoms with Crippen LogP contribution in [-0.4, -0.2) is 4.98 Å². The van der Waals surface area contributed by atoms with Crippen molar-refractivity contribution in [2.24, 2.45) is 0 Å². The molecule has 0 atom stereocenters. The van der Waals surface area contributed by atoms with Crippen molar-refractivity contribution in [3.63, 3.8) is 0 Å². The zero-order chi connectivity index (χ0) is 8.67. The number of hydrogen-bond acceptors (Lipinski definition) is 1. The average Bonchev–Trinajstić information content (AvgIpc) is 2.65. The Bertz CT molecular complexity index is 341. The summed E-state index contributed by atoms with van der Waals surface area (Å²) in [5.41, 5.74) is 5.98. The lowest BCUT2D eigenvalue weighted by atomic mass is 9.91. The molecule has 0 N–H and O–H groups in total. The summed E-state index contributed by atoms with van der Waals surface area (Å²) in [6.07, 6.45) is 12.1. The van der Waals surface area contributed by atoms with Gasteiger partial charge in [-0.05, 0) is 61.6 Å². The molecule has 1 radical (unpaired) electrons. The van der Waals surface area contributed by atoms with Crippen molar-refractivity contribution >= 4 is 0 Å². The molecule has 0 amide bonds. The molecular formula is C12H14N. The number of fused-ring (bicyclic) bond motifs is 3. The smallest absolute Gasteiger partial charge is 0.0438 e. The van der Waals surface area contributed by atoms with Crippen molar-refractivity contribution in [3.05, 3.63) is 35.0 Å². The fourth-order valence-corrected chi connectivity index (χ4v) is 2.57.